The summed E-state index contributed by atoms with van der Waals surface area (Å²) in [5.41, 5.74) is 1.56. The van der Waals surface area contributed by atoms with Crippen molar-refractivity contribution in [2.45, 2.75) is 51.6 Å². The Bertz CT molecular complexity index is 381. The summed E-state index contributed by atoms with van der Waals surface area (Å²) in [4.78, 5) is 0. The van der Waals surface area contributed by atoms with Gasteiger partial charge >= 0.3 is 0 Å². The quantitative estimate of drug-likeness (QED) is 0.681. The van der Waals surface area contributed by atoms with Gasteiger partial charge in [0.1, 0.15) is 11.9 Å². The normalized spacial score (nSPS) is 20.3. The van der Waals surface area contributed by atoms with Gasteiger partial charge in [-0.25, -0.2) is 0 Å². The van der Waals surface area contributed by atoms with Crippen molar-refractivity contribution < 1.29 is 4.74 Å². The number of benzene rings is 1. The van der Waals surface area contributed by atoms with Gasteiger partial charge in [0.15, 0.2) is 0 Å². The van der Waals surface area contributed by atoms with Gasteiger partial charge in [-0.2, -0.15) is 0 Å². The van der Waals surface area contributed by atoms with E-state index >= 15 is 0 Å². The van der Waals surface area contributed by atoms with E-state index in [1.54, 1.807) is 0 Å². The molecule has 1 atom stereocenters. The summed E-state index contributed by atoms with van der Waals surface area (Å²) >= 11 is 0. The van der Waals surface area contributed by atoms with Crippen molar-refractivity contribution in [3.8, 4) is 5.75 Å². The molecule has 1 aliphatic rings. The van der Waals surface area contributed by atoms with Gasteiger partial charge in [0.25, 0.3) is 0 Å². The summed E-state index contributed by atoms with van der Waals surface area (Å²) in [6.45, 7) is 6.69. The van der Waals surface area contributed by atoms with E-state index in [9.17, 15) is 0 Å². The highest BCUT2D eigenvalue weighted by molar-refractivity contribution is 5.31. The Morgan fingerprint density at radius 3 is 2.35 bits per heavy atom. The van der Waals surface area contributed by atoms with Crippen LogP contribution in [0.5, 0.6) is 5.75 Å². The second-order valence-corrected chi connectivity index (χ2v) is 5.79. The first kappa shape index (κ1) is 12.2. The van der Waals surface area contributed by atoms with Gasteiger partial charge in [0, 0.05) is 0 Å². The van der Waals surface area contributed by atoms with E-state index < -0.39 is 0 Å². The van der Waals surface area contributed by atoms with E-state index in [1.807, 2.05) is 0 Å². The third kappa shape index (κ3) is 3.36. The maximum absolute atomic E-state index is 5.94. The molecule has 0 aliphatic heterocycles. The molecular weight excluding hydrogens is 208 g/mol. The summed E-state index contributed by atoms with van der Waals surface area (Å²) in [7, 11) is 0. The van der Waals surface area contributed by atoms with Crippen LogP contribution in [-0.2, 0) is 5.41 Å². The fourth-order valence-corrected chi connectivity index (χ4v) is 2.09. The smallest absolute Gasteiger partial charge is 0.120 e. The molecule has 0 saturated carbocycles. The standard InChI is InChI=1S/C16H22O/c1-16(2,3)13-9-11-15(12-10-13)17-14-7-5-4-6-8-14/h5,7,9-12,14H,4,6,8H2,1-3H3. The van der Waals surface area contributed by atoms with Gasteiger partial charge < -0.3 is 4.74 Å². The molecule has 2 rings (SSSR count). The van der Waals surface area contributed by atoms with Gasteiger partial charge in [-0.1, -0.05) is 39.0 Å². The molecular formula is C16H22O. The zero-order chi connectivity index (χ0) is 12.3. The molecule has 0 saturated heterocycles. The minimum Gasteiger partial charge on any atom is -0.486 e. The molecule has 0 heterocycles. The Morgan fingerprint density at radius 1 is 1.12 bits per heavy atom. The fourth-order valence-electron chi connectivity index (χ4n) is 2.09. The molecule has 0 N–H and O–H groups in total. The van der Waals surface area contributed by atoms with E-state index in [2.05, 4.69) is 57.2 Å². The van der Waals surface area contributed by atoms with Crippen LogP contribution in [0.15, 0.2) is 36.4 Å². The van der Waals surface area contributed by atoms with Crippen LogP contribution in [0.1, 0.15) is 45.6 Å². The maximum Gasteiger partial charge on any atom is 0.120 e. The van der Waals surface area contributed by atoms with Gasteiger partial charge in [0.05, 0.1) is 0 Å². The molecule has 1 aromatic carbocycles. The Kier molecular flexibility index (Phi) is 3.56. The van der Waals surface area contributed by atoms with E-state index in [4.69, 9.17) is 4.74 Å². The highest BCUT2D eigenvalue weighted by Gasteiger charge is 2.14. The Labute approximate surface area is 104 Å². The first-order valence-corrected chi connectivity index (χ1v) is 6.49. The second-order valence-electron chi connectivity index (χ2n) is 5.79. The third-order valence-electron chi connectivity index (χ3n) is 3.22. The molecule has 1 heteroatoms. The number of hydrogen-bond acceptors (Lipinski definition) is 1. The third-order valence-corrected chi connectivity index (χ3v) is 3.22. The van der Waals surface area contributed by atoms with Crippen molar-refractivity contribution >= 4 is 0 Å². The van der Waals surface area contributed by atoms with Crippen molar-refractivity contribution in [3.63, 3.8) is 0 Å². The average Bonchev–Trinajstić information content (AvgIpc) is 2.30. The molecule has 0 bridgehead atoms. The van der Waals surface area contributed by atoms with E-state index in [-0.39, 0.29) is 11.5 Å². The van der Waals surface area contributed by atoms with Crippen LogP contribution < -0.4 is 4.74 Å². The highest BCUT2D eigenvalue weighted by Crippen LogP contribution is 2.25. The minimum atomic E-state index is 0.212. The number of allylic oxidation sites excluding steroid dienone is 1. The summed E-state index contributed by atoms with van der Waals surface area (Å²) in [6.07, 6.45) is 8.24. The van der Waals surface area contributed by atoms with E-state index in [0.717, 1.165) is 12.2 Å². The van der Waals surface area contributed by atoms with Crippen molar-refractivity contribution in [2.75, 3.05) is 0 Å². The summed E-state index contributed by atoms with van der Waals surface area (Å²) in [5, 5.41) is 0. The molecule has 0 fully saturated rings. The first-order chi connectivity index (χ1) is 8.05. The lowest BCUT2D eigenvalue weighted by Gasteiger charge is -2.21. The van der Waals surface area contributed by atoms with E-state index in [1.165, 1.54) is 18.4 Å². The lowest BCUT2D eigenvalue weighted by molar-refractivity contribution is 0.230. The molecule has 1 nitrogen and oxygen atoms in total. The van der Waals surface area contributed by atoms with Crippen molar-refractivity contribution in [1.29, 1.82) is 0 Å². The topological polar surface area (TPSA) is 9.23 Å². The number of hydrogen-bond donors (Lipinski definition) is 0. The van der Waals surface area contributed by atoms with Gasteiger partial charge in [0.2, 0.25) is 0 Å². The second kappa shape index (κ2) is 4.95. The SMILES string of the molecule is CC(C)(C)c1ccc(OC2C=CCCC2)cc1. The summed E-state index contributed by atoms with van der Waals surface area (Å²) < 4.78 is 5.94. The fraction of sp³-hybridized carbons (Fsp3) is 0.500. The summed E-state index contributed by atoms with van der Waals surface area (Å²) in [6, 6.07) is 8.51. The Balaban J connectivity index is 2.03. The van der Waals surface area contributed by atoms with Gasteiger partial charge in [-0.15, -0.1) is 0 Å². The molecule has 1 aromatic rings. The first-order valence-electron chi connectivity index (χ1n) is 6.49. The Morgan fingerprint density at radius 2 is 1.82 bits per heavy atom. The lowest BCUT2D eigenvalue weighted by Crippen LogP contribution is -2.16. The summed E-state index contributed by atoms with van der Waals surface area (Å²) in [5.74, 6) is 0.981. The van der Waals surface area contributed by atoms with Gasteiger partial charge in [-0.05, 0) is 48.4 Å². The highest BCUT2D eigenvalue weighted by atomic mass is 16.5. The van der Waals surface area contributed by atoms with Crippen LogP contribution in [-0.4, -0.2) is 6.10 Å². The predicted molar refractivity (Wildman–Crippen MR) is 72.5 cm³/mol. The Hall–Kier alpha value is -1.24. The molecule has 1 unspecified atom stereocenters. The number of rotatable bonds is 2. The van der Waals surface area contributed by atoms with Crippen LogP contribution in [0, 0.1) is 0 Å². The molecule has 1 aliphatic carbocycles. The molecule has 92 valence electrons. The molecule has 0 radical (unpaired) electrons. The molecule has 0 amide bonds. The lowest BCUT2D eigenvalue weighted by atomic mass is 9.87. The number of ether oxygens (including phenoxy) is 1. The molecule has 0 spiro atoms. The van der Waals surface area contributed by atoms with Crippen molar-refractivity contribution in [2.24, 2.45) is 0 Å². The molecule has 0 aromatic heterocycles. The van der Waals surface area contributed by atoms with Crippen LogP contribution >= 0.6 is 0 Å². The average molecular weight is 230 g/mol. The minimum absolute atomic E-state index is 0.212. The van der Waals surface area contributed by atoms with Crippen LogP contribution in [0.25, 0.3) is 0 Å². The van der Waals surface area contributed by atoms with Crippen LogP contribution in [0.2, 0.25) is 0 Å². The zero-order valence-corrected chi connectivity index (χ0v) is 11.1. The zero-order valence-electron chi connectivity index (χ0n) is 11.1. The van der Waals surface area contributed by atoms with Crippen LogP contribution in [0.3, 0.4) is 0 Å². The molecule has 17 heavy (non-hydrogen) atoms. The van der Waals surface area contributed by atoms with Crippen molar-refractivity contribution in [1.82, 2.24) is 0 Å². The van der Waals surface area contributed by atoms with Crippen LogP contribution in [0.4, 0.5) is 0 Å². The monoisotopic (exact) mass is 230 g/mol. The van der Waals surface area contributed by atoms with Crippen molar-refractivity contribution in [3.05, 3.63) is 42.0 Å². The van der Waals surface area contributed by atoms with Gasteiger partial charge in [-0.3, -0.25) is 0 Å². The van der Waals surface area contributed by atoms with E-state index in [0.29, 0.717) is 0 Å². The largest absolute Gasteiger partial charge is 0.486 e. The predicted octanol–water partition coefficient (Wildman–Crippen LogP) is 4.47. The maximum atomic E-state index is 5.94.